The Hall–Kier alpha value is -4.54. The summed E-state index contributed by atoms with van der Waals surface area (Å²) in [6.45, 7) is 9.60. The minimum absolute atomic E-state index is 0.00915. The minimum Gasteiger partial charge on any atom is -0.475 e. The van der Waals surface area contributed by atoms with Crippen molar-refractivity contribution in [3.63, 3.8) is 0 Å². The summed E-state index contributed by atoms with van der Waals surface area (Å²) >= 11 is 0. The van der Waals surface area contributed by atoms with E-state index in [9.17, 15) is 19.7 Å². The van der Waals surface area contributed by atoms with E-state index in [1.165, 1.54) is 14.0 Å². The van der Waals surface area contributed by atoms with Crippen molar-refractivity contribution < 1.29 is 19.2 Å². The van der Waals surface area contributed by atoms with E-state index in [1.807, 2.05) is 24.3 Å². The number of benzene rings is 2. The number of hydrogen-bond acceptors (Lipinski definition) is 7. The van der Waals surface area contributed by atoms with Crippen molar-refractivity contribution in [2.24, 2.45) is 5.10 Å². The molecule has 0 aliphatic carbocycles. The second-order valence-corrected chi connectivity index (χ2v) is 9.47. The summed E-state index contributed by atoms with van der Waals surface area (Å²) in [6.07, 6.45) is 1.13. The molecule has 1 atom stereocenters. The average molecular weight is 507 g/mol. The number of anilines is 1. The Morgan fingerprint density at radius 2 is 1.68 bits per heavy atom. The molecule has 37 heavy (non-hydrogen) atoms. The van der Waals surface area contributed by atoms with Gasteiger partial charge >= 0.3 is 11.6 Å². The molecule has 0 bridgehead atoms. The lowest BCUT2D eigenvalue weighted by Crippen LogP contribution is -2.28. The number of amides is 2. The van der Waals surface area contributed by atoms with Crippen LogP contribution in [0.1, 0.15) is 62.1 Å². The first-order valence-corrected chi connectivity index (χ1v) is 11.5. The lowest BCUT2D eigenvalue weighted by atomic mass is 9.87. The minimum atomic E-state index is -0.866. The van der Waals surface area contributed by atoms with E-state index in [0.717, 1.165) is 22.0 Å². The summed E-state index contributed by atoms with van der Waals surface area (Å²) in [4.78, 5) is 35.6. The van der Waals surface area contributed by atoms with E-state index < -0.39 is 16.9 Å². The molecule has 1 aromatic heterocycles. The molecule has 194 valence electrons. The molecule has 0 aliphatic rings. The zero-order chi connectivity index (χ0) is 27.3. The first-order valence-electron chi connectivity index (χ1n) is 11.5. The SMILES string of the molecule is COc1nn(C(C)C(=O)N/N=C(\C)c2ccc(NC(=O)c3ccc(C(C)(C)C)cc3)cc2)cc1[N+](=O)[O-]. The first kappa shape index (κ1) is 27.1. The van der Waals surface area contributed by atoms with E-state index in [2.05, 4.69) is 41.7 Å². The molecule has 2 N–H and O–H groups in total. The van der Waals surface area contributed by atoms with Gasteiger partial charge in [-0.25, -0.2) is 10.1 Å². The highest BCUT2D eigenvalue weighted by molar-refractivity contribution is 6.05. The Morgan fingerprint density at radius 3 is 2.19 bits per heavy atom. The van der Waals surface area contributed by atoms with Gasteiger partial charge in [0.1, 0.15) is 12.2 Å². The summed E-state index contributed by atoms with van der Waals surface area (Å²) in [6, 6.07) is 13.7. The molecule has 0 saturated carbocycles. The number of hydrogen-bond donors (Lipinski definition) is 2. The number of rotatable bonds is 8. The van der Waals surface area contributed by atoms with Gasteiger partial charge in [-0.15, -0.1) is 5.10 Å². The molecule has 0 radical (unpaired) electrons. The maximum atomic E-state index is 12.6. The number of nitrogens with zero attached hydrogens (tertiary/aromatic N) is 4. The topological polar surface area (TPSA) is 141 Å². The van der Waals surface area contributed by atoms with E-state index >= 15 is 0 Å². The third-order valence-corrected chi connectivity index (χ3v) is 5.75. The van der Waals surface area contributed by atoms with Gasteiger partial charge in [-0.1, -0.05) is 45.0 Å². The van der Waals surface area contributed by atoms with Crippen molar-refractivity contribution in [3.8, 4) is 5.88 Å². The van der Waals surface area contributed by atoms with E-state index in [-0.39, 0.29) is 22.9 Å². The molecule has 0 aliphatic heterocycles. The fourth-order valence-corrected chi connectivity index (χ4v) is 3.37. The Bertz CT molecular complexity index is 1320. The summed E-state index contributed by atoms with van der Waals surface area (Å²) in [5, 5.41) is 22.0. The fraction of sp³-hybridized carbons (Fsp3) is 0.308. The molecule has 1 unspecified atom stereocenters. The van der Waals surface area contributed by atoms with Gasteiger partial charge in [0.25, 0.3) is 11.8 Å². The smallest absolute Gasteiger partial charge is 0.350 e. The van der Waals surface area contributed by atoms with Gasteiger partial charge in [-0.3, -0.25) is 19.7 Å². The van der Waals surface area contributed by atoms with E-state index in [0.29, 0.717) is 17.0 Å². The quantitative estimate of drug-likeness (QED) is 0.263. The number of carbonyl (C=O) groups is 2. The maximum Gasteiger partial charge on any atom is 0.350 e. The van der Waals surface area contributed by atoms with Crippen LogP contribution < -0.4 is 15.5 Å². The van der Waals surface area contributed by atoms with Crippen LogP contribution in [0.25, 0.3) is 0 Å². The molecule has 2 amide bonds. The molecule has 1 heterocycles. The molecular formula is C26H30N6O5. The Labute approximate surface area is 214 Å². The number of carbonyl (C=O) groups excluding carboxylic acids is 2. The number of hydrazone groups is 1. The molecule has 11 heteroatoms. The molecule has 2 aromatic carbocycles. The monoisotopic (exact) mass is 506 g/mol. The highest BCUT2D eigenvalue weighted by Gasteiger charge is 2.25. The summed E-state index contributed by atoms with van der Waals surface area (Å²) in [7, 11) is 1.26. The van der Waals surface area contributed by atoms with Gasteiger partial charge in [0.2, 0.25) is 0 Å². The highest BCUT2D eigenvalue weighted by Crippen LogP contribution is 2.26. The molecule has 3 rings (SSSR count). The summed E-state index contributed by atoms with van der Waals surface area (Å²) in [5.74, 6) is -0.908. The van der Waals surface area contributed by atoms with Crippen LogP contribution in [0.4, 0.5) is 11.4 Å². The zero-order valence-corrected chi connectivity index (χ0v) is 21.6. The average Bonchev–Trinajstić information content (AvgIpc) is 3.31. The number of methoxy groups -OCH3 is 1. The predicted molar refractivity (Wildman–Crippen MR) is 140 cm³/mol. The van der Waals surface area contributed by atoms with Gasteiger partial charge < -0.3 is 10.1 Å². The summed E-state index contributed by atoms with van der Waals surface area (Å²) in [5.41, 5.74) is 5.71. The van der Waals surface area contributed by atoms with E-state index in [4.69, 9.17) is 4.74 Å². The maximum absolute atomic E-state index is 12.6. The highest BCUT2D eigenvalue weighted by atomic mass is 16.6. The van der Waals surface area contributed by atoms with Crippen LogP contribution in [0.3, 0.4) is 0 Å². The lowest BCUT2D eigenvalue weighted by Gasteiger charge is -2.19. The van der Waals surface area contributed by atoms with Crippen LogP contribution in [0, 0.1) is 10.1 Å². The van der Waals surface area contributed by atoms with Crippen LogP contribution in [-0.2, 0) is 10.2 Å². The lowest BCUT2D eigenvalue weighted by molar-refractivity contribution is -0.385. The van der Waals surface area contributed by atoms with Crippen molar-refractivity contribution in [2.75, 3.05) is 12.4 Å². The Morgan fingerprint density at radius 1 is 1.08 bits per heavy atom. The Balaban J connectivity index is 1.61. The van der Waals surface area contributed by atoms with Crippen molar-refractivity contribution in [1.82, 2.24) is 15.2 Å². The van der Waals surface area contributed by atoms with Crippen LogP contribution in [0.15, 0.2) is 59.8 Å². The molecule has 0 saturated heterocycles. The molecular weight excluding hydrogens is 476 g/mol. The normalized spacial score (nSPS) is 12.5. The van der Waals surface area contributed by atoms with Gasteiger partial charge in [-0.2, -0.15) is 5.10 Å². The fourth-order valence-electron chi connectivity index (χ4n) is 3.37. The number of nitro groups is 1. The number of ether oxygens (including phenoxy) is 1. The third-order valence-electron chi connectivity index (χ3n) is 5.75. The number of nitrogens with one attached hydrogen (secondary N) is 2. The van der Waals surface area contributed by atoms with Crippen molar-refractivity contribution in [3.05, 3.63) is 81.5 Å². The standard InChI is InChI=1S/C26H30N6O5/c1-16(28-29-23(33)17(2)31-15-22(32(35)36)25(30-31)37-6)18-9-13-21(14-10-18)27-24(34)19-7-11-20(12-8-19)26(3,4)5/h7-15,17H,1-6H3,(H,27,34)(H,29,33)/b28-16+. The van der Waals surface area contributed by atoms with Gasteiger partial charge in [0.05, 0.1) is 17.7 Å². The second kappa shape index (κ2) is 11.0. The molecule has 0 spiro atoms. The number of aromatic nitrogens is 2. The predicted octanol–water partition coefficient (Wildman–Crippen LogP) is 4.45. The van der Waals surface area contributed by atoms with Crippen molar-refractivity contribution in [2.45, 2.75) is 46.1 Å². The van der Waals surface area contributed by atoms with Crippen LogP contribution in [0.2, 0.25) is 0 Å². The van der Waals surface area contributed by atoms with Crippen molar-refractivity contribution >= 4 is 28.9 Å². The largest absolute Gasteiger partial charge is 0.475 e. The first-order chi connectivity index (χ1) is 17.4. The molecule has 0 fully saturated rings. The third kappa shape index (κ3) is 6.57. The van der Waals surface area contributed by atoms with Crippen molar-refractivity contribution in [1.29, 1.82) is 0 Å². The zero-order valence-electron chi connectivity index (χ0n) is 21.6. The van der Waals surface area contributed by atoms with E-state index in [1.54, 1.807) is 31.2 Å². The van der Waals surface area contributed by atoms with Crippen LogP contribution >= 0.6 is 0 Å². The second-order valence-electron chi connectivity index (χ2n) is 9.47. The van der Waals surface area contributed by atoms with Crippen LogP contribution in [0.5, 0.6) is 5.88 Å². The molecule has 3 aromatic rings. The molecule has 11 nitrogen and oxygen atoms in total. The van der Waals surface area contributed by atoms with Gasteiger partial charge in [-0.05, 0) is 54.7 Å². The summed E-state index contributed by atoms with van der Waals surface area (Å²) < 4.78 is 6.03. The van der Waals surface area contributed by atoms with Gasteiger partial charge in [0.15, 0.2) is 0 Å². The van der Waals surface area contributed by atoms with Gasteiger partial charge in [0, 0.05) is 11.3 Å². The van der Waals surface area contributed by atoms with Crippen LogP contribution in [-0.4, -0.2) is 39.3 Å². The Kier molecular flexibility index (Phi) is 8.06.